The van der Waals surface area contributed by atoms with E-state index in [1.165, 1.54) is 16.0 Å². The number of amides is 2. The monoisotopic (exact) mass is 362 g/mol. The molecule has 0 radical (unpaired) electrons. The summed E-state index contributed by atoms with van der Waals surface area (Å²) >= 11 is 0. The van der Waals surface area contributed by atoms with Gasteiger partial charge in [-0.1, -0.05) is 29.8 Å². The summed E-state index contributed by atoms with van der Waals surface area (Å²) in [4.78, 5) is 28.9. The minimum atomic E-state index is -0.216. The van der Waals surface area contributed by atoms with Gasteiger partial charge in [-0.15, -0.1) is 0 Å². The fourth-order valence-electron chi connectivity index (χ4n) is 3.41. The summed E-state index contributed by atoms with van der Waals surface area (Å²) < 4.78 is 0. The molecule has 2 rings (SSSR count). The van der Waals surface area contributed by atoms with Crippen LogP contribution in [0.15, 0.2) is 24.3 Å². The van der Waals surface area contributed by atoms with Crippen molar-refractivity contribution in [3.05, 3.63) is 35.4 Å². The molecule has 1 aromatic carbocycles. The van der Waals surface area contributed by atoms with Gasteiger partial charge in [0.2, 0.25) is 0 Å². The molecule has 0 spiro atoms. The van der Waals surface area contributed by atoms with E-state index in [4.69, 9.17) is 0 Å². The molecule has 1 heterocycles. The summed E-state index contributed by atoms with van der Waals surface area (Å²) in [5, 5.41) is 2.82. The van der Waals surface area contributed by atoms with Crippen molar-refractivity contribution in [1.29, 1.82) is 0 Å². The van der Waals surface area contributed by atoms with E-state index in [0.717, 1.165) is 37.6 Å². The molecule has 1 fully saturated rings. The molecule has 6 nitrogen and oxygen atoms in total. The van der Waals surface area contributed by atoms with E-state index in [2.05, 4.69) is 36.5 Å². The van der Waals surface area contributed by atoms with Crippen LogP contribution < -0.4 is 15.1 Å². The largest absolute Gasteiger partial charge is 0.351 e. The van der Waals surface area contributed by atoms with Crippen molar-refractivity contribution >= 4 is 11.8 Å². The Labute approximate surface area is 157 Å². The second-order valence-corrected chi connectivity index (χ2v) is 7.44. The second-order valence-electron chi connectivity index (χ2n) is 7.44. The Hall–Kier alpha value is -1.92. The van der Waals surface area contributed by atoms with Crippen molar-refractivity contribution < 1.29 is 19.4 Å². The summed E-state index contributed by atoms with van der Waals surface area (Å²) in [6.45, 7) is 11.4. The Morgan fingerprint density at radius 3 is 2.62 bits per heavy atom. The first-order valence-corrected chi connectivity index (χ1v) is 9.67. The third-order valence-corrected chi connectivity index (χ3v) is 5.27. The zero-order valence-corrected chi connectivity index (χ0v) is 16.6. The zero-order valence-electron chi connectivity index (χ0n) is 16.6. The lowest BCUT2D eigenvalue weighted by molar-refractivity contribution is -0.918. The number of benzene rings is 1. The molecule has 1 aromatic rings. The highest BCUT2D eigenvalue weighted by Gasteiger charge is 2.28. The Balaban J connectivity index is 1.78. The predicted molar refractivity (Wildman–Crippen MR) is 102 cm³/mol. The molecule has 6 heteroatoms. The van der Waals surface area contributed by atoms with Crippen molar-refractivity contribution in [1.82, 2.24) is 10.2 Å². The number of nitrogens with zero attached hydrogens (tertiary/aromatic N) is 1. The van der Waals surface area contributed by atoms with Gasteiger partial charge in [0, 0.05) is 12.1 Å². The SMILES string of the molecule is CCNC(=O)[C@@H](C)[NH+](C)CC(=O)N1CC[NH+](Cc2cccc(C)c2)CC1. The Morgan fingerprint density at radius 1 is 1.31 bits per heavy atom. The minimum Gasteiger partial charge on any atom is -0.351 e. The van der Waals surface area contributed by atoms with E-state index in [1.807, 2.05) is 25.8 Å². The van der Waals surface area contributed by atoms with Gasteiger partial charge >= 0.3 is 0 Å². The first-order chi connectivity index (χ1) is 12.4. The highest BCUT2D eigenvalue weighted by atomic mass is 16.2. The quantitative estimate of drug-likeness (QED) is 0.540. The fourth-order valence-corrected chi connectivity index (χ4v) is 3.41. The third-order valence-electron chi connectivity index (χ3n) is 5.27. The Bertz CT molecular complexity index is 612. The van der Waals surface area contributed by atoms with E-state index < -0.39 is 0 Å². The van der Waals surface area contributed by atoms with Crippen LogP contribution in [-0.2, 0) is 16.1 Å². The Kier molecular flexibility index (Phi) is 7.60. The number of nitrogens with one attached hydrogen (secondary N) is 3. The van der Waals surface area contributed by atoms with Crippen molar-refractivity contribution in [2.45, 2.75) is 33.4 Å². The van der Waals surface area contributed by atoms with Gasteiger partial charge in [0.15, 0.2) is 12.6 Å². The van der Waals surface area contributed by atoms with Crippen LogP contribution in [0.5, 0.6) is 0 Å². The van der Waals surface area contributed by atoms with Gasteiger partial charge in [-0.2, -0.15) is 0 Å². The van der Waals surface area contributed by atoms with Crippen molar-refractivity contribution in [2.24, 2.45) is 0 Å². The summed E-state index contributed by atoms with van der Waals surface area (Å²) in [7, 11) is 1.91. The summed E-state index contributed by atoms with van der Waals surface area (Å²) in [6.07, 6.45) is 0. The molecule has 0 aromatic heterocycles. The average Bonchev–Trinajstić information content (AvgIpc) is 2.61. The first-order valence-electron chi connectivity index (χ1n) is 9.67. The number of piperazine rings is 1. The van der Waals surface area contributed by atoms with Gasteiger partial charge in [0.05, 0.1) is 33.2 Å². The van der Waals surface area contributed by atoms with E-state index in [9.17, 15) is 9.59 Å². The maximum absolute atomic E-state index is 12.6. The predicted octanol–water partition coefficient (Wildman–Crippen LogP) is -1.74. The topological polar surface area (TPSA) is 58.3 Å². The summed E-state index contributed by atoms with van der Waals surface area (Å²) in [5.74, 6) is 0.151. The number of likely N-dealkylation sites (N-methyl/N-ethyl adjacent to an activating group) is 2. The van der Waals surface area contributed by atoms with Crippen LogP contribution in [0.3, 0.4) is 0 Å². The lowest BCUT2D eigenvalue weighted by atomic mass is 10.1. The molecule has 2 amide bonds. The number of rotatable bonds is 7. The normalized spacial score (nSPS) is 17.6. The van der Waals surface area contributed by atoms with Crippen LogP contribution in [0.2, 0.25) is 0 Å². The number of aryl methyl sites for hydroxylation is 1. The molecule has 0 saturated carbocycles. The molecular weight excluding hydrogens is 328 g/mol. The molecule has 3 N–H and O–H groups in total. The van der Waals surface area contributed by atoms with Crippen LogP contribution in [0, 0.1) is 6.92 Å². The molecule has 1 aliphatic rings. The number of quaternary nitrogens is 2. The maximum atomic E-state index is 12.6. The molecular formula is C20H34N4O2+2. The third kappa shape index (κ3) is 5.81. The van der Waals surface area contributed by atoms with E-state index in [1.54, 1.807) is 0 Å². The van der Waals surface area contributed by atoms with Gasteiger partial charge in [-0.25, -0.2) is 0 Å². The number of carbonyl (C=O) groups is 2. The fraction of sp³-hybridized carbons (Fsp3) is 0.600. The lowest BCUT2D eigenvalue weighted by Gasteiger charge is -2.33. The molecule has 1 aliphatic heterocycles. The van der Waals surface area contributed by atoms with Crippen LogP contribution >= 0.6 is 0 Å². The van der Waals surface area contributed by atoms with Crippen molar-refractivity contribution in [2.75, 3.05) is 46.3 Å². The minimum absolute atomic E-state index is 0.00483. The molecule has 1 saturated heterocycles. The zero-order chi connectivity index (χ0) is 19.1. The molecule has 0 bridgehead atoms. The molecule has 26 heavy (non-hydrogen) atoms. The van der Waals surface area contributed by atoms with Crippen molar-refractivity contribution in [3.63, 3.8) is 0 Å². The highest BCUT2D eigenvalue weighted by Crippen LogP contribution is 2.02. The molecule has 0 aliphatic carbocycles. The van der Waals surface area contributed by atoms with Gasteiger partial charge in [0.25, 0.3) is 11.8 Å². The summed E-state index contributed by atoms with van der Waals surface area (Å²) in [6, 6.07) is 8.44. The van der Waals surface area contributed by atoms with Gasteiger partial charge in [-0.3, -0.25) is 9.59 Å². The van der Waals surface area contributed by atoms with Gasteiger partial charge in [0.1, 0.15) is 6.54 Å². The van der Waals surface area contributed by atoms with E-state index >= 15 is 0 Å². The second kappa shape index (κ2) is 9.69. The number of hydrogen-bond donors (Lipinski definition) is 3. The molecule has 144 valence electrons. The van der Waals surface area contributed by atoms with Crippen LogP contribution in [0.4, 0.5) is 0 Å². The first kappa shape index (κ1) is 20.4. The van der Waals surface area contributed by atoms with Crippen LogP contribution in [0.25, 0.3) is 0 Å². The smallest absolute Gasteiger partial charge is 0.278 e. The lowest BCUT2D eigenvalue weighted by Crippen LogP contribution is -3.16. The van der Waals surface area contributed by atoms with E-state index in [0.29, 0.717) is 13.1 Å². The standard InChI is InChI=1S/C20H32N4O2/c1-5-21-20(26)17(3)22(4)15-19(25)24-11-9-23(10-12-24)14-18-8-6-7-16(2)13-18/h6-8,13,17H,5,9-12,14-15H2,1-4H3,(H,21,26)/p+2/t17-/m1/s1. The van der Waals surface area contributed by atoms with Gasteiger partial charge < -0.3 is 20.0 Å². The summed E-state index contributed by atoms with van der Waals surface area (Å²) in [5.41, 5.74) is 2.66. The highest BCUT2D eigenvalue weighted by molar-refractivity contribution is 5.81. The Morgan fingerprint density at radius 2 is 2.00 bits per heavy atom. The van der Waals surface area contributed by atoms with Crippen molar-refractivity contribution in [3.8, 4) is 0 Å². The van der Waals surface area contributed by atoms with Crippen LogP contribution in [0.1, 0.15) is 25.0 Å². The maximum Gasteiger partial charge on any atom is 0.278 e. The molecule has 2 atom stereocenters. The van der Waals surface area contributed by atoms with Crippen LogP contribution in [-0.4, -0.2) is 69.1 Å². The number of carbonyl (C=O) groups excluding carboxylic acids is 2. The number of hydrogen-bond acceptors (Lipinski definition) is 2. The van der Waals surface area contributed by atoms with Gasteiger partial charge in [-0.05, 0) is 20.8 Å². The van der Waals surface area contributed by atoms with E-state index in [-0.39, 0.29) is 17.9 Å². The average molecular weight is 363 g/mol. The molecule has 1 unspecified atom stereocenters.